The average Bonchev–Trinajstić information content (AvgIpc) is 3.46. The molecule has 0 bridgehead atoms. The molecule has 4 rings (SSSR count). The monoisotopic (exact) mass is 411 g/mol. The quantitative estimate of drug-likeness (QED) is 0.418. The average molecular weight is 412 g/mol. The molecule has 0 unspecified atom stereocenters. The van der Waals surface area contributed by atoms with E-state index in [1.54, 1.807) is 4.68 Å². The van der Waals surface area contributed by atoms with Crippen LogP contribution in [-0.2, 0) is 17.8 Å². The highest BCUT2D eigenvalue weighted by molar-refractivity contribution is 7.99. The zero-order valence-electron chi connectivity index (χ0n) is 16.7. The molecule has 1 atom stereocenters. The number of carbonyl (C=O) groups excluding carboxylic acids is 1. The second kappa shape index (κ2) is 8.92. The summed E-state index contributed by atoms with van der Waals surface area (Å²) < 4.78 is 9.59. The normalized spacial score (nSPS) is 16.4. The zero-order valence-corrected chi connectivity index (χ0v) is 17.6. The van der Waals surface area contributed by atoms with Crippen LogP contribution < -0.4 is 0 Å². The Kier molecular flexibility index (Phi) is 6.10. The number of aromatic nitrogens is 5. The van der Waals surface area contributed by atoms with E-state index in [9.17, 15) is 4.79 Å². The number of tetrazole rings is 1. The predicted octanol–water partition coefficient (Wildman–Crippen LogP) is 3.29. The predicted molar refractivity (Wildman–Crippen MR) is 111 cm³/mol. The summed E-state index contributed by atoms with van der Waals surface area (Å²) in [6, 6.07) is 12.3. The van der Waals surface area contributed by atoms with Crippen LogP contribution in [0.3, 0.4) is 0 Å². The Morgan fingerprint density at radius 1 is 1.28 bits per heavy atom. The number of nitrogens with zero attached hydrogens (tertiary/aromatic N) is 5. The number of ketones is 1. The Bertz CT molecular complexity index is 976. The Hall–Kier alpha value is -2.45. The summed E-state index contributed by atoms with van der Waals surface area (Å²) in [5.74, 6) is 0.399. The van der Waals surface area contributed by atoms with Gasteiger partial charge in [0.25, 0.3) is 0 Å². The summed E-state index contributed by atoms with van der Waals surface area (Å²) in [7, 11) is 0. The van der Waals surface area contributed by atoms with Crippen molar-refractivity contribution in [3.05, 3.63) is 58.9 Å². The van der Waals surface area contributed by atoms with E-state index in [2.05, 4.69) is 32.2 Å². The van der Waals surface area contributed by atoms with Gasteiger partial charge in [0.15, 0.2) is 5.78 Å². The molecule has 1 aliphatic heterocycles. The number of Topliss-reactive ketones (excluding diaryl/α,β-unsaturated/α-hetero) is 1. The minimum Gasteiger partial charge on any atom is -0.376 e. The molecule has 0 spiro atoms. The summed E-state index contributed by atoms with van der Waals surface area (Å²) in [5, 5.41) is 12.6. The van der Waals surface area contributed by atoms with Gasteiger partial charge in [0.2, 0.25) is 5.16 Å². The van der Waals surface area contributed by atoms with Crippen LogP contribution in [0.5, 0.6) is 0 Å². The summed E-state index contributed by atoms with van der Waals surface area (Å²) in [5.41, 5.74) is 4.07. The second-order valence-electron chi connectivity index (χ2n) is 7.35. The van der Waals surface area contributed by atoms with Crippen LogP contribution in [0.1, 0.15) is 40.2 Å². The number of aryl methyl sites for hydroxylation is 1. The Morgan fingerprint density at radius 3 is 2.86 bits per heavy atom. The number of ether oxygens (including phenoxy) is 1. The van der Waals surface area contributed by atoms with Gasteiger partial charge in [-0.15, -0.1) is 5.10 Å². The van der Waals surface area contributed by atoms with Gasteiger partial charge >= 0.3 is 0 Å². The molecule has 8 heteroatoms. The first-order valence-electron chi connectivity index (χ1n) is 9.86. The molecular weight excluding hydrogens is 386 g/mol. The molecule has 2 aromatic heterocycles. The van der Waals surface area contributed by atoms with Crippen molar-refractivity contribution in [3.63, 3.8) is 0 Å². The van der Waals surface area contributed by atoms with E-state index in [-0.39, 0.29) is 11.9 Å². The minimum atomic E-state index is 0.0917. The van der Waals surface area contributed by atoms with Crippen LogP contribution in [0, 0.1) is 13.8 Å². The summed E-state index contributed by atoms with van der Waals surface area (Å²) in [6.45, 7) is 6.25. The molecule has 3 aromatic rings. The van der Waals surface area contributed by atoms with Gasteiger partial charge in [-0.2, -0.15) is 0 Å². The van der Waals surface area contributed by atoms with E-state index in [1.165, 1.54) is 17.3 Å². The fourth-order valence-electron chi connectivity index (χ4n) is 3.70. The number of thioether (sulfide) groups is 1. The highest BCUT2D eigenvalue weighted by Crippen LogP contribution is 2.22. The maximum atomic E-state index is 12.9. The van der Waals surface area contributed by atoms with Crippen LogP contribution in [0.2, 0.25) is 0 Å². The van der Waals surface area contributed by atoms with Gasteiger partial charge in [0.05, 0.1) is 18.4 Å². The van der Waals surface area contributed by atoms with Gasteiger partial charge in [0, 0.05) is 30.1 Å². The zero-order chi connectivity index (χ0) is 20.2. The van der Waals surface area contributed by atoms with Gasteiger partial charge < -0.3 is 9.30 Å². The molecular formula is C21H25N5O2S. The molecule has 0 radical (unpaired) electrons. The van der Waals surface area contributed by atoms with Crippen LogP contribution in [0.15, 0.2) is 41.6 Å². The first kappa shape index (κ1) is 19.8. The molecule has 0 aliphatic carbocycles. The third-order valence-electron chi connectivity index (χ3n) is 5.29. The van der Waals surface area contributed by atoms with Crippen molar-refractivity contribution in [1.29, 1.82) is 0 Å². The SMILES string of the molecule is Cc1cc(C(=O)CSc2nnnn2C[C@H]2CCCO2)c(C)n1Cc1ccccc1. The van der Waals surface area contributed by atoms with Gasteiger partial charge in [-0.3, -0.25) is 4.79 Å². The number of hydrogen-bond donors (Lipinski definition) is 0. The van der Waals surface area contributed by atoms with Gasteiger partial charge in [0.1, 0.15) is 0 Å². The fraction of sp³-hybridized carbons (Fsp3) is 0.429. The molecule has 3 heterocycles. The lowest BCUT2D eigenvalue weighted by Gasteiger charge is -2.10. The highest BCUT2D eigenvalue weighted by Gasteiger charge is 2.21. The van der Waals surface area contributed by atoms with Crippen LogP contribution in [0.4, 0.5) is 0 Å². The number of benzene rings is 1. The van der Waals surface area contributed by atoms with Crippen molar-refractivity contribution in [3.8, 4) is 0 Å². The van der Waals surface area contributed by atoms with Crippen LogP contribution >= 0.6 is 11.8 Å². The number of carbonyl (C=O) groups is 1. The molecule has 1 saturated heterocycles. The lowest BCUT2D eigenvalue weighted by atomic mass is 10.2. The lowest BCUT2D eigenvalue weighted by molar-refractivity contribution is 0.0912. The topological polar surface area (TPSA) is 74.8 Å². The lowest BCUT2D eigenvalue weighted by Crippen LogP contribution is -2.17. The molecule has 0 N–H and O–H groups in total. The molecule has 0 saturated carbocycles. The van der Waals surface area contributed by atoms with Crippen LogP contribution in [-0.4, -0.2) is 49.0 Å². The maximum absolute atomic E-state index is 12.9. The number of rotatable bonds is 8. The molecule has 152 valence electrons. The van der Waals surface area contributed by atoms with E-state index in [1.807, 2.05) is 38.1 Å². The van der Waals surface area contributed by atoms with Crippen LogP contribution in [0.25, 0.3) is 0 Å². The first-order valence-corrected chi connectivity index (χ1v) is 10.8. The summed E-state index contributed by atoms with van der Waals surface area (Å²) in [6.07, 6.45) is 2.26. The third-order valence-corrected chi connectivity index (χ3v) is 6.25. The Labute approximate surface area is 174 Å². The molecule has 1 aromatic carbocycles. The smallest absolute Gasteiger partial charge is 0.209 e. The first-order chi connectivity index (χ1) is 14.1. The van der Waals surface area contributed by atoms with Crippen molar-refractivity contribution in [1.82, 2.24) is 24.8 Å². The van der Waals surface area contributed by atoms with E-state index in [4.69, 9.17) is 4.74 Å². The second-order valence-corrected chi connectivity index (χ2v) is 8.29. The van der Waals surface area contributed by atoms with Crippen molar-refractivity contribution in [2.45, 2.75) is 51.0 Å². The fourth-order valence-corrected chi connectivity index (χ4v) is 4.47. The summed E-state index contributed by atoms with van der Waals surface area (Å²) >= 11 is 1.38. The van der Waals surface area contributed by atoms with Gasteiger partial charge in [-0.05, 0) is 48.7 Å². The number of hydrogen-bond acceptors (Lipinski definition) is 6. The Balaban J connectivity index is 1.42. The molecule has 1 aliphatic rings. The third kappa shape index (κ3) is 4.59. The van der Waals surface area contributed by atoms with E-state index in [0.29, 0.717) is 17.5 Å². The van der Waals surface area contributed by atoms with Crippen molar-refractivity contribution in [2.75, 3.05) is 12.4 Å². The van der Waals surface area contributed by atoms with E-state index >= 15 is 0 Å². The van der Waals surface area contributed by atoms with Gasteiger partial charge in [-0.25, -0.2) is 4.68 Å². The molecule has 7 nitrogen and oxygen atoms in total. The summed E-state index contributed by atoms with van der Waals surface area (Å²) in [4.78, 5) is 12.9. The largest absolute Gasteiger partial charge is 0.376 e. The standard InChI is InChI=1S/C21H25N5O2S/c1-15-11-19(16(2)25(15)12-17-7-4-3-5-8-17)20(27)14-29-21-22-23-24-26(21)13-18-9-6-10-28-18/h3-5,7-8,11,18H,6,9-10,12-14H2,1-2H3/t18-/m1/s1. The highest BCUT2D eigenvalue weighted by atomic mass is 32.2. The molecule has 29 heavy (non-hydrogen) atoms. The van der Waals surface area contributed by atoms with Crippen molar-refractivity contribution in [2.24, 2.45) is 0 Å². The van der Waals surface area contributed by atoms with Gasteiger partial charge in [-0.1, -0.05) is 42.1 Å². The van der Waals surface area contributed by atoms with E-state index < -0.39 is 0 Å². The molecule has 0 amide bonds. The van der Waals surface area contributed by atoms with Crippen molar-refractivity contribution >= 4 is 17.5 Å². The maximum Gasteiger partial charge on any atom is 0.209 e. The van der Waals surface area contributed by atoms with Crippen molar-refractivity contribution < 1.29 is 9.53 Å². The Morgan fingerprint density at radius 2 is 2.10 bits per heavy atom. The minimum absolute atomic E-state index is 0.0917. The molecule has 1 fully saturated rings. The van der Waals surface area contributed by atoms with E-state index in [0.717, 1.165) is 42.9 Å².